The van der Waals surface area contributed by atoms with Gasteiger partial charge in [-0.25, -0.2) is 0 Å². The van der Waals surface area contributed by atoms with Gasteiger partial charge in [-0.05, 0) is 46.2 Å². The van der Waals surface area contributed by atoms with Gasteiger partial charge < -0.3 is 28.8 Å². The molecule has 0 radical (unpaired) electrons. The molecular formula is C30H40N2O7. The number of fused-ring (bicyclic) bond motifs is 3. The minimum absolute atomic E-state index is 0.0143. The molecule has 1 atom stereocenters. The van der Waals surface area contributed by atoms with Crippen LogP contribution < -0.4 is 5.32 Å². The summed E-state index contributed by atoms with van der Waals surface area (Å²) in [7, 11) is 0. The van der Waals surface area contributed by atoms with Gasteiger partial charge in [-0.2, -0.15) is 0 Å². The molecule has 0 aliphatic carbocycles. The lowest BCUT2D eigenvalue weighted by molar-refractivity contribution is -0.156. The standard InChI is InChI=1S/C30H40N2O7/c1-5-36-18-19-37-17-16-31-29(35)22(14-15-27(33)39-30(2,3)4)20-28(34)38-21-32-25-12-8-6-10-23(25)24-11-7-9-13-26(24)32/h6-13,22H,5,14-21H2,1-4H3,(H,31,35)/t22-/m1/s1. The van der Waals surface area contributed by atoms with Crippen molar-refractivity contribution in [3.63, 3.8) is 0 Å². The zero-order valence-corrected chi connectivity index (χ0v) is 23.4. The van der Waals surface area contributed by atoms with Gasteiger partial charge in [0.05, 0.1) is 37.3 Å². The maximum Gasteiger partial charge on any atom is 0.308 e. The van der Waals surface area contributed by atoms with Crippen molar-refractivity contribution in [2.75, 3.05) is 33.0 Å². The van der Waals surface area contributed by atoms with E-state index in [-0.39, 0.29) is 38.4 Å². The van der Waals surface area contributed by atoms with Crippen LogP contribution in [-0.2, 0) is 40.1 Å². The fourth-order valence-corrected chi connectivity index (χ4v) is 4.30. The molecule has 0 fully saturated rings. The van der Waals surface area contributed by atoms with Gasteiger partial charge in [0.1, 0.15) is 5.60 Å². The summed E-state index contributed by atoms with van der Waals surface area (Å²) in [6, 6.07) is 15.9. The van der Waals surface area contributed by atoms with Crippen LogP contribution in [-0.4, -0.2) is 61.0 Å². The zero-order chi connectivity index (χ0) is 28.3. The zero-order valence-electron chi connectivity index (χ0n) is 23.4. The number of carbonyl (C=O) groups excluding carboxylic acids is 3. The first-order valence-corrected chi connectivity index (χ1v) is 13.5. The molecule has 0 aliphatic heterocycles. The van der Waals surface area contributed by atoms with E-state index >= 15 is 0 Å². The van der Waals surface area contributed by atoms with Crippen molar-refractivity contribution in [2.45, 2.75) is 59.3 Å². The molecule has 0 saturated heterocycles. The predicted octanol–water partition coefficient (Wildman–Crippen LogP) is 4.59. The quantitative estimate of drug-likeness (QED) is 0.222. The third-order valence-electron chi connectivity index (χ3n) is 6.06. The van der Waals surface area contributed by atoms with Crippen LogP contribution in [0.1, 0.15) is 47.0 Å². The lowest BCUT2D eigenvalue weighted by atomic mass is 9.98. The summed E-state index contributed by atoms with van der Waals surface area (Å²) >= 11 is 0. The van der Waals surface area contributed by atoms with Crippen molar-refractivity contribution in [1.29, 1.82) is 0 Å². The summed E-state index contributed by atoms with van der Waals surface area (Å²) in [4.78, 5) is 38.1. The molecule has 0 unspecified atom stereocenters. The Morgan fingerprint density at radius 2 is 1.49 bits per heavy atom. The third-order valence-corrected chi connectivity index (χ3v) is 6.06. The molecule has 1 amide bonds. The number of hydrogen-bond donors (Lipinski definition) is 1. The number of nitrogens with one attached hydrogen (secondary N) is 1. The summed E-state index contributed by atoms with van der Waals surface area (Å²) in [5.74, 6) is -2.01. The van der Waals surface area contributed by atoms with E-state index in [2.05, 4.69) is 5.32 Å². The normalized spacial score (nSPS) is 12.4. The van der Waals surface area contributed by atoms with E-state index in [1.165, 1.54) is 0 Å². The van der Waals surface area contributed by atoms with Crippen LogP contribution >= 0.6 is 0 Å². The number of para-hydroxylation sites is 2. The fraction of sp³-hybridized carbons (Fsp3) is 0.500. The molecule has 3 aromatic rings. The van der Waals surface area contributed by atoms with E-state index in [1.54, 1.807) is 20.8 Å². The van der Waals surface area contributed by atoms with Crippen LogP contribution in [0.2, 0.25) is 0 Å². The topological polar surface area (TPSA) is 105 Å². The number of ether oxygens (including phenoxy) is 4. The highest BCUT2D eigenvalue weighted by atomic mass is 16.6. The van der Waals surface area contributed by atoms with Crippen LogP contribution in [0.15, 0.2) is 48.5 Å². The maximum absolute atomic E-state index is 12.9. The highest BCUT2D eigenvalue weighted by molar-refractivity contribution is 6.07. The lowest BCUT2D eigenvalue weighted by Gasteiger charge is -2.21. The lowest BCUT2D eigenvalue weighted by Crippen LogP contribution is -2.35. The Morgan fingerprint density at radius 1 is 0.872 bits per heavy atom. The highest BCUT2D eigenvalue weighted by Gasteiger charge is 2.25. The number of carbonyl (C=O) groups is 3. The van der Waals surface area contributed by atoms with E-state index in [4.69, 9.17) is 18.9 Å². The summed E-state index contributed by atoms with van der Waals surface area (Å²) in [5.41, 5.74) is 1.28. The van der Waals surface area contributed by atoms with Crippen molar-refractivity contribution in [2.24, 2.45) is 5.92 Å². The van der Waals surface area contributed by atoms with E-state index in [0.717, 1.165) is 21.8 Å². The molecule has 9 nitrogen and oxygen atoms in total. The average Bonchev–Trinajstić information content (AvgIpc) is 3.22. The van der Waals surface area contributed by atoms with Crippen LogP contribution in [0.25, 0.3) is 21.8 Å². The van der Waals surface area contributed by atoms with Crippen molar-refractivity contribution in [3.8, 4) is 0 Å². The number of nitrogens with zero attached hydrogens (tertiary/aromatic N) is 1. The first-order chi connectivity index (χ1) is 18.7. The van der Waals surface area contributed by atoms with Gasteiger partial charge in [0.2, 0.25) is 5.91 Å². The molecule has 1 aromatic heterocycles. The molecule has 1 heterocycles. The maximum atomic E-state index is 12.9. The Kier molecular flexibility index (Phi) is 11.3. The monoisotopic (exact) mass is 540 g/mol. The molecule has 212 valence electrons. The number of benzene rings is 2. The second kappa shape index (κ2) is 14.6. The van der Waals surface area contributed by atoms with Crippen molar-refractivity contribution >= 4 is 39.7 Å². The fourth-order valence-electron chi connectivity index (χ4n) is 4.30. The molecule has 9 heteroatoms. The average molecular weight is 541 g/mol. The van der Waals surface area contributed by atoms with Gasteiger partial charge in [-0.1, -0.05) is 36.4 Å². The van der Waals surface area contributed by atoms with E-state index in [9.17, 15) is 14.4 Å². The molecule has 0 aliphatic rings. The Morgan fingerprint density at radius 3 is 2.10 bits per heavy atom. The van der Waals surface area contributed by atoms with Crippen molar-refractivity contribution < 1.29 is 33.3 Å². The number of rotatable bonds is 15. The number of aromatic nitrogens is 1. The Hall–Kier alpha value is -3.43. The van der Waals surface area contributed by atoms with Crippen LogP contribution in [0.5, 0.6) is 0 Å². The number of amides is 1. The Balaban J connectivity index is 1.61. The van der Waals surface area contributed by atoms with Gasteiger partial charge in [-0.3, -0.25) is 14.4 Å². The minimum Gasteiger partial charge on any atom is -0.460 e. The van der Waals surface area contributed by atoms with Gasteiger partial charge in [0.15, 0.2) is 6.73 Å². The highest BCUT2D eigenvalue weighted by Crippen LogP contribution is 2.28. The first kappa shape index (κ1) is 30.1. The minimum atomic E-state index is -0.744. The molecule has 2 aromatic carbocycles. The summed E-state index contributed by atoms with van der Waals surface area (Å²) < 4.78 is 23.6. The molecular weight excluding hydrogens is 500 g/mol. The number of esters is 2. The molecule has 0 bridgehead atoms. The van der Waals surface area contributed by atoms with E-state index in [0.29, 0.717) is 26.4 Å². The van der Waals surface area contributed by atoms with Gasteiger partial charge >= 0.3 is 11.9 Å². The Bertz CT molecular complexity index is 1190. The molecule has 1 N–H and O–H groups in total. The second-order valence-electron chi connectivity index (χ2n) is 10.2. The Labute approximate surface area is 229 Å². The van der Waals surface area contributed by atoms with E-state index in [1.807, 2.05) is 60.0 Å². The first-order valence-electron chi connectivity index (χ1n) is 13.5. The SMILES string of the molecule is CCOCCOCCNC(=O)[C@H](CCC(=O)OC(C)(C)C)CC(=O)OCn1c2ccccc2c2ccccc21. The summed E-state index contributed by atoms with van der Waals surface area (Å²) in [6.45, 7) is 9.41. The molecule has 39 heavy (non-hydrogen) atoms. The van der Waals surface area contributed by atoms with Crippen LogP contribution in [0, 0.1) is 5.92 Å². The molecule has 0 saturated carbocycles. The number of hydrogen-bond acceptors (Lipinski definition) is 7. The third kappa shape index (κ3) is 9.37. The predicted molar refractivity (Wildman–Crippen MR) is 149 cm³/mol. The van der Waals surface area contributed by atoms with E-state index < -0.39 is 23.5 Å². The van der Waals surface area contributed by atoms with Gasteiger partial charge in [0, 0.05) is 36.3 Å². The smallest absolute Gasteiger partial charge is 0.308 e. The van der Waals surface area contributed by atoms with Crippen molar-refractivity contribution in [3.05, 3.63) is 48.5 Å². The van der Waals surface area contributed by atoms with Crippen LogP contribution in [0.3, 0.4) is 0 Å². The summed E-state index contributed by atoms with van der Waals surface area (Å²) in [5, 5.41) is 4.94. The second-order valence-corrected chi connectivity index (χ2v) is 10.2. The van der Waals surface area contributed by atoms with Gasteiger partial charge in [0.25, 0.3) is 0 Å². The van der Waals surface area contributed by atoms with Gasteiger partial charge in [-0.15, -0.1) is 0 Å². The largest absolute Gasteiger partial charge is 0.460 e. The molecule has 3 rings (SSSR count). The van der Waals surface area contributed by atoms with Crippen LogP contribution in [0.4, 0.5) is 0 Å². The molecule has 0 spiro atoms. The van der Waals surface area contributed by atoms with Crippen molar-refractivity contribution in [1.82, 2.24) is 9.88 Å². The summed E-state index contributed by atoms with van der Waals surface area (Å²) in [6.07, 6.45) is 0.0216.